The highest BCUT2D eigenvalue weighted by atomic mass is 32.1. The molecule has 33 heavy (non-hydrogen) atoms. The van der Waals surface area contributed by atoms with Gasteiger partial charge in [0.05, 0.1) is 17.1 Å². The molecule has 2 aromatic heterocycles. The maximum atomic E-state index is 13.9. The van der Waals surface area contributed by atoms with E-state index < -0.39 is 11.7 Å². The average Bonchev–Trinajstić information content (AvgIpc) is 3.49. The van der Waals surface area contributed by atoms with Crippen LogP contribution in [0.15, 0.2) is 42.5 Å². The van der Waals surface area contributed by atoms with Gasteiger partial charge in [-0.3, -0.25) is 4.79 Å². The lowest BCUT2D eigenvalue weighted by Gasteiger charge is -2.05. The standard InChI is InChI=1S/C24H21FN4O3S/c1-13-17(10-16-8-9-20-21(11-16)32-12-31-20)15(3)29(28-13)24-26-14(2)22(33-24)23(30)27-19-7-5-4-6-18(19)25/h4-9,11H,10,12H2,1-3H3,(H,27,30). The predicted octanol–water partition coefficient (Wildman–Crippen LogP) is 4.96. The third-order valence-electron chi connectivity index (χ3n) is 5.55. The van der Waals surface area contributed by atoms with Crippen molar-refractivity contribution in [3.63, 3.8) is 0 Å². The Morgan fingerprint density at radius 3 is 2.73 bits per heavy atom. The summed E-state index contributed by atoms with van der Waals surface area (Å²) in [5, 5.41) is 7.89. The zero-order valence-corrected chi connectivity index (χ0v) is 19.1. The number of ether oxygens (including phenoxy) is 2. The van der Waals surface area contributed by atoms with Crippen molar-refractivity contribution >= 4 is 22.9 Å². The van der Waals surface area contributed by atoms with Crippen molar-refractivity contribution in [3.8, 4) is 16.6 Å². The lowest BCUT2D eigenvalue weighted by Crippen LogP contribution is -2.12. The Balaban J connectivity index is 1.41. The first kappa shape index (κ1) is 21.1. The van der Waals surface area contributed by atoms with Gasteiger partial charge in [-0.15, -0.1) is 0 Å². The molecule has 0 bridgehead atoms. The molecule has 0 fully saturated rings. The van der Waals surface area contributed by atoms with Crippen molar-refractivity contribution < 1.29 is 18.7 Å². The normalized spacial score (nSPS) is 12.2. The van der Waals surface area contributed by atoms with Gasteiger partial charge in [0, 0.05) is 17.7 Å². The molecule has 4 aromatic rings. The summed E-state index contributed by atoms with van der Waals surface area (Å²) in [4.78, 5) is 17.7. The summed E-state index contributed by atoms with van der Waals surface area (Å²) in [6.45, 7) is 5.94. The van der Waals surface area contributed by atoms with Crippen LogP contribution < -0.4 is 14.8 Å². The molecular formula is C24H21FN4O3S. The lowest BCUT2D eigenvalue weighted by molar-refractivity contribution is 0.102. The number of para-hydroxylation sites is 1. The number of nitrogens with one attached hydrogen (secondary N) is 1. The number of fused-ring (bicyclic) bond motifs is 1. The minimum absolute atomic E-state index is 0.133. The largest absolute Gasteiger partial charge is 0.454 e. The van der Waals surface area contributed by atoms with Crippen molar-refractivity contribution in [1.82, 2.24) is 14.8 Å². The Morgan fingerprint density at radius 1 is 1.12 bits per heavy atom. The molecule has 0 aliphatic carbocycles. The molecule has 0 spiro atoms. The highest BCUT2D eigenvalue weighted by Crippen LogP contribution is 2.34. The molecular weight excluding hydrogens is 443 g/mol. The molecule has 0 atom stereocenters. The van der Waals surface area contributed by atoms with Crippen LogP contribution in [-0.4, -0.2) is 27.5 Å². The summed E-state index contributed by atoms with van der Waals surface area (Å²) >= 11 is 1.22. The van der Waals surface area contributed by atoms with Gasteiger partial charge in [-0.25, -0.2) is 14.1 Å². The summed E-state index contributed by atoms with van der Waals surface area (Å²) in [6.07, 6.45) is 0.680. The number of nitrogens with zero attached hydrogens (tertiary/aromatic N) is 3. The van der Waals surface area contributed by atoms with Gasteiger partial charge in [0.2, 0.25) is 11.9 Å². The van der Waals surface area contributed by atoms with Crippen LogP contribution in [0.3, 0.4) is 0 Å². The molecule has 0 saturated carbocycles. The fraction of sp³-hybridized carbons (Fsp3) is 0.208. The highest BCUT2D eigenvalue weighted by molar-refractivity contribution is 7.16. The zero-order chi connectivity index (χ0) is 23.1. The van der Waals surface area contributed by atoms with Crippen molar-refractivity contribution in [2.75, 3.05) is 12.1 Å². The molecule has 1 N–H and O–H groups in total. The van der Waals surface area contributed by atoms with Crippen LogP contribution in [0.1, 0.15) is 37.9 Å². The summed E-state index contributed by atoms with van der Waals surface area (Å²) in [6, 6.07) is 12.0. The third kappa shape index (κ3) is 3.95. The van der Waals surface area contributed by atoms with Crippen molar-refractivity contribution in [2.24, 2.45) is 0 Å². The van der Waals surface area contributed by atoms with Crippen LogP contribution >= 0.6 is 11.3 Å². The van der Waals surface area contributed by atoms with Crippen LogP contribution in [0.25, 0.3) is 5.13 Å². The van der Waals surface area contributed by atoms with Gasteiger partial charge in [0.15, 0.2) is 11.5 Å². The van der Waals surface area contributed by atoms with Gasteiger partial charge in [-0.2, -0.15) is 5.10 Å². The van der Waals surface area contributed by atoms with Gasteiger partial charge in [-0.1, -0.05) is 29.5 Å². The summed E-state index contributed by atoms with van der Waals surface area (Å²) in [5.41, 5.74) is 4.70. The van der Waals surface area contributed by atoms with E-state index in [1.54, 1.807) is 23.7 Å². The van der Waals surface area contributed by atoms with Crippen molar-refractivity contribution in [1.29, 1.82) is 0 Å². The Bertz CT molecular complexity index is 1380. The second-order valence-corrected chi connectivity index (χ2v) is 8.75. The molecule has 0 unspecified atom stereocenters. The van der Waals surface area contributed by atoms with E-state index in [1.807, 2.05) is 32.0 Å². The van der Waals surface area contributed by atoms with E-state index in [4.69, 9.17) is 9.47 Å². The molecule has 168 valence electrons. The van der Waals surface area contributed by atoms with Crippen LogP contribution in [-0.2, 0) is 6.42 Å². The third-order valence-corrected chi connectivity index (χ3v) is 6.69. The van der Waals surface area contributed by atoms with E-state index >= 15 is 0 Å². The van der Waals surface area contributed by atoms with Crippen LogP contribution in [0.5, 0.6) is 11.5 Å². The van der Waals surface area contributed by atoms with Crippen molar-refractivity contribution in [3.05, 3.63) is 81.4 Å². The summed E-state index contributed by atoms with van der Waals surface area (Å²) in [7, 11) is 0. The number of rotatable bonds is 5. The number of benzene rings is 2. The maximum Gasteiger partial charge on any atom is 0.267 e. The maximum absolute atomic E-state index is 13.9. The van der Waals surface area contributed by atoms with Crippen LogP contribution in [0.4, 0.5) is 10.1 Å². The van der Waals surface area contributed by atoms with E-state index in [2.05, 4.69) is 15.4 Å². The number of anilines is 1. The fourth-order valence-electron chi connectivity index (χ4n) is 3.80. The monoisotopic (exact) mass is 464 g/mol. The number of hydrogen-bond donors (Lipinski definition) is 1. The van der Waals surface area contributed by atoms with E-state index in [1.165, 1.54) is 23.5 Å². The van der Waals surface area contributed by atoms with Crippen molar-refractivity contribution in [2.45, 2.75) is 27.2 Å². The number of thiazole rings is 1. The first-order chi connectivity index (χ1) is 15.9. The van der Waals surface area contributed by atoms with E-state index in [-0.39, 0.29) is 12.5 Å². The minimum Gasteiger partial charge on any atom is -0.454 e. The zero-order valence-electron chi connectivity index (χ0n) is 18.3. The molecule has 2 aromatic carbocycles. The minimum atomic E-state index is -0.486. The number of amides is 1. The van der Waals surface area contributed by atoms with Crippen LogP contribution in [0, 0.1) is 26.6 Å². The molecule has 0 saturated heterocycles. The van der Waals surface area contributed by atoms with Gasteiger partial charge < -0.3 is 14.8 Å². The van der Waals surface area contributed by atoms with Gasteiger partial charge in [-0.05, 0) is 50.6 Å². The molecule has 1 amide bonds. The quantitative estimate of drug-likeness (QED) is 0.451. The molecule has 7 nitrogen and oxygen atoms in total. The van der Waals surface area contributed by atoms with Gasteiger partial charge in [0.25, 0.3) is 5.91 Å². The SMILES string of the molecule is Cc1nc(-n2nc(C)c(Cc3ccc4c(c3)OCO4)c2C)sc1C(=O)Nc1ccccc1F. The first-order valence-electron chi connectivity index (χ1n) is 10.4. The Morgan fingerprint density at radius 2 is 1.91 bits per heavy atom. The van der Waals surface area contributed by atoms with E-state index in [0.29, 0.717) is 22.1 Å². The van der Waals surface area contributed by atoms with Crippen LogP contribution in [0.2, 0.25) is 0 Å². The number of carbonyl (C=O) groups is 1. The Hall–Kier alpha value is -3.72. The van der Waals surface area contributed by atoms with Gasteiger partial charge >= 0.3 is 0 Å². The second kappa shape index (κ2) is 8.32. The topological polar surface area (TPSA) is 78.3 Å². The average molecular weight is 465 g/mol. The number of aryl methyl sites for hydroxylation is 2. The lowest BCUT2D eigenvalue weighted by atomic mass is 10.0. The molecule has 5 rings (SSSR count). The molecule has 1 aliphatic rings. The first-order valence-corrected chi connectivity index (χ1v) is 11.2. The number of carbonyl (C=O) groups excluding carboxylic acids is 1. The Labute approximate surface area is 193 Å². The Kier molecular flexibility index (Phi) is 5.33. The summed E-state index contributed by atoms with van der Waals surface area (Å²) < 4.78 is 26.6. The number of aromatic nitrogens is 3. The molecule has 9 heteroatoms. The van der Waals surface area contributed by atoms with E-state index in [0.717, 1.165) is 34.0 Å². The van der Waals surface area contributed by atoms with E-state index in [9.17, 15) is 9.18 Å². The highest BCUT2D eigenvalue weighted by Gasteiger charge is 2.21. The second-order valence-electron chi connectivity index (χ2n) is 7.77. The number of hydrogen-bond acceptors (Lipinski definition) is 6. The smallest absolute Gasteiger partial charge is 0.267 e. The van der Waals surface area contributed by atoms with Gasteiger partial charge in [0.1, 0.15) is 10.7 Å². The molecule has 3 heterocycles. The predicted molar refractivity (Wildman–Crippen MR) is 123 cm³/mol. The molecule has 0 radical (unpaired) electrons. The number of halogens is 1. The molecule has 1 aliphatic heterocycles. The fourth-order valence-corrected chi connectivity index (χ4v) is 4.76. The summed E-state index contributed by atoms with van der Waals surface area (Å²) in [5.74, 6) is 0.613.